The second kappa shape index (κ2) is 5.40. The fourth-order valence-electron chi connectivity index (χ4n) is 1.89. The van der Waals surface area contributed by atoms with Gasteiger partial charge < -0.3 is 10.1 Å². The van der Waals surface area contributed by atoms with Crippen molar-refractivity contribution in [1.29, 1.82) is 0 Å². The molecule has 100 valence electrons. The molecule has 1 saturated carbocycles. The van der Waals surface area contributed by atoms with Crippen LogP contribution < -0.4 is 10.1 Å². The van der Waals surface area contributed by atoms with Gasteiger partial charge in [-0.15, -0.1) is 0 Å². The van der Waals surface area contributed by atoms with E-state index in [-0.39, 0.29) is 0 Å². The van der Waals surface area contributed by atoms with E-state index in [0.29, 0.717) is 6.61 Å². The number of ether oxygens (including phenoxy) is 1. The molecule has 0 atom stereocenters. The third-order valence-electron chi connectivity index (χ3n) is 3.24. The zero-order chi connectivity index (χ0) is 13.1. The van der Waals surface area contributed by atoms with Crippen molar-refractivity contribution in [3.63, 3.8) is 0 Å². The normalized spacial score (nSPS) is 14.6. The summed E-state index contributed by atoms with van der Waals surface area (Å²) in [7, 11) is 1.86. The summed E-state index contributed by atoms with van der Waals surface area (Å²) in [6, 6.07) is 8.91. The first-order valence-corrected chi connectivity index (χ1v) is 6.59. The molecular weight excluding hydrogens is 240 g/mol. The monoisotopic (exact) mass is 258 g/mol. The van der Waals surface area contributed by atoms with Gasteiger partial charge in [0.05, 0.1) is 0 Å². The highest BCUT2D eigenvalue weighted by Crippen LogP contribution is 2.20. The first kappa shape index (κ1) is 12.2. The molecule has 0 spiro atoms. The molecule has 5 nitrogen and oxygen atoms in total. The Bertz CT molecular complexity index is 548. The first-order valence-electron chi connectivity index (χ1n) is 6.59. The zero-order valence-corrected chi connectivity index (χ0v) is 11.0. The number of rotatable bonds is 6. The predicted octanol–water partition coefficient (Wildman–Crippen LogP) is 1.65. The first-order chi connectivity index (χ1) is 9.31. The number of aryl methyl sites for hydroxylation is 1. The van der Waals surface area contributed by atoms with Gasteiger partial charge in [0, 0.05) is 19.6 Å². The molecule has 1 aromatic heterocycles. The van der Waals surface area contributed by atoms with Crippen molar-refractivity contribution >= 4 is 0 Å². The van der Waals surface area contributed by atoms with Crippen molar-refractivity contribution in [2.75, 3.05) is 0 Å². The van der Waals surface area contributed by atoms with Crippen molar-refractivity contribution in [2.24, 2.45) is 7.05 Å². The van der Waals surface area contributed by atoms with Crippen LogP contribution in [0.4, 0.5) is 0 Å². The molecule has 0 radical (unpaired) electrons. The molecule has 1 fully saturated rings. The van der Waals surface area contributed by atoms with Crippen molar-refractivity contribution in [3.05, 3.63) is 42.0 Å². The summed E-state index contributed by atoms with van der Waals surface area (Å²) in [5, 5.41) is 7.51. The van der Waals surface area contributed by atoms with Crippen molar-refractivity contribution in [3.8, 4) is 5.75 Å². The maximum atomic E-state index is 5.74. The third-order valence-corrected chi connectivity index (χ3v) is 3.24. The Labute approximate surface area is 112 Å². The van der Waals surface area contributed by atoms with Crippen LogP contribution in [-0.2, 0) is 20.2 Å². The Kier molecular flexibility index (Phi) is 3.46. The SMILES string of the molecule is Cn1ncnc1COc1cccc(CNC2CC2)c1. The summed E-state index contributed by atoms with van der Waals surface area (Å²) in [4.78, 5) is 4.14. The molecule has 19 heavy (non-hydrogen) atoms. The second-order valence-corrected chi connectivity index (χ2v) is 4.89. The largest absolute Gasteiger partial charge is 0.486 e. The molecule has 1 aromatic carbocycles. The highest BCUT2D eigenvalue weighted by atomic mass is 16.5. The number of hydrogen-bond acceptors (Lipinski definition) is 4. The molecule has 1 heterocycles. The Hall–Kier alpha value is -1.88. The van der Waals surface area contributed by atoms with Crippen LogP contribution in [0.5, 0.6) is 5.75 Å². The van der Waals surface area contributed by atoms with Gasteiger partial charge in [-0.2, -0.15) is 5.10 Å². The number of nitrogens with zero attached hydrogens (tertiary/aromatic N) is 3. The van der Waals surface area contributed by atoms with E-state index in [1.807, 2.05) is 19.2 Å². The Balaban J connectivity index is 1.57. The molecule has 0 unspecified atom stereocenters. The fourth-order valence-corrected chi connectivity index (χ4v) is 1.89. The molecule has 0 bridgehead atoms. The summed E-state index contributed by atoms with van der Waals surface area (Å²) >= 11 is 0. The van der Waals surface area contributed by atoms with Gasteiger partial charge >= 0.3 is 0 Å². The fraction of sp³-hybridized carbons (Fsp3) is 0.429. The van der Waals surface area contributed by atoms with E-state index >= 15 is 0 Å². The van der Waals surface area contributed by atoms with Crippen LogP contribution in [0.3, 0.4) is 0 Å². The molecule has 1 aliphatic rings. The maximum Gasteiger partial charge on any atom is 0.164 e. The summed E-state index contributed by atoms with van der Waals surface area (Å²) < 4.78 is 7.46. The van der Waals surface area contributed by atoms with Gasteiger partial charge in [0.15, 0.2) is 5.82 Å². The van der Waals surface area contributed by atoms with Gasteiger partial charge in [-0.05, 0) is 30.5 Å². The summed E-state index contributed by atoms with van der Waals surface area (Å²) in [5.41, 5.74) is 1.25. The average Bonchev–Trinajstić information content (AvgIpc) is 3.17. The molecule has 0 aliphatic heterocycles. The van der Waals surface area contributed by atoms with Crippen molar-refractivity contribution in [2.45, 2.75) is 32.0 Å². The molecular formula is C14H18N4O. The van der Waals surface area contributed by atoms with Crippen LogP contribution in [-0.4, -0.2) is 20.8 Å². The quantitative estimate of drug-likeness (QED) is 0.856. The van der Waals surface area contributed by atoms with Crippen LogP contribution in [0.2, 0.25) is 0 Å². The van der Waals surface area contributed by atoms with Crippen LogP contribution >= 0.6 is 0 Å². The lowest BCUT2D eigenvalue weighted by Gasteiger charge is -2.08. The molecule has 2 aromatic rings. The molecule has 0 saturated heterocycles. The zero-order valence-electron chi connectivity index (χ0n) is 11.0. The van der Waals surface area contributed by atoms with E-state index in [1.54, 1.807) is 4.68 Å². The highest BCUT2D eigenvalue weighted by molar-refractivity contribution is 5.28. The molecule has 1 aliphatic carbocycles. The Morgan fingerprint density at radius 2 is 2.32 bits per heavy atom. The van der Waals surface area contributed by atoms with Crippen molar-refractivity contribution in [1.82, 2.24) is 20.1 Å². The molecule has 1 N–H and O–H groups in total. The van der Waals surface area contributed by atoms with Gasteiger partial charge in [0.25, 0.3) is 0 Å². The van der Waals surface area contributed by atoms with Crippen LogP contribution in [0, 0.1) is 0 Å². The molecule has 3 rings (SSSR count). The van der Waals surface area contributed by atoms with Crippen molar-refractivity contribution < 1.29 is 4.74 Å². The lowest BCUT2D eigenvalue weighted by atomic mass is 10.2. The smallest absolute Gasteiger partial charge is 0.164 e. The minimum atomic E-state index is 0.440. The van der Waals surface area contributed by atoms with Crippen LogP contribution in [0.15, 0.2) is 30.6 Å². The minimum absolute atomic E-state index is 0.440. The van der Waals surface area contributed by atoms with Gasteiger partial charge in [0.2, 0.25) is 0 Å². The third kappa shape index (κ3) is 3.32. The van der Waals surface area contributed by atoms with Gasteiger partial charge in [-0.25, -0.2) is 4.98 Å². The average molecular weight is 258 g/mol. The van der Waals surface area contributed by atoms with Gasteiger partial charge in [-0.3, -0.25) is 4.68 Å². The minimum Gasteiger partial charge on any atom is -0.486 e. The second-order valence-electron chi connectivity index (χ2n) is 4.89. The Morgan fingerprint density at radius 1 is 1.42 bits per heavy atom. The summed E-state index contributed by atoms with van der Waals surface area (Å²) in [6.45, 7) is 1.35. The lowest BCUT2D eigenvalue weighted by Crippen LogP contribution is -2.15. The number of benzene rings is 1. The lowest BCUT2D eigenvalue weighted by molar-refractivity contribution is 0.289. The van der Waals surface area contributed by atoms with E-state index < -0.39 is 0 Å². The Morgan fingerprint density at radius 3 is 3.05 bits per heavy atom. The molecule has 0 amide bonds. The van der Waals surface area contributed by atoms with Crippen LogP contribution in [0.1, 0.15) is 24.2 Å². The highest BCUT2D eigenvalue weighted by Gasteiger charge is 2.19. The van der Waals surface area contributed by atoms with E-state index in [9.17, 15) is 0 Å². The van der Waals surface area contributed by atoms with E-state index in [0.717, 1.165) is 24.2 Å². The number of aromatic nitrogens is 3. The van der Waals surface area contributed by atoms with E-state index in [2.05, 4.69) is 27.5 Å². The summed E-state index contributed by atoms with van der Waals surface area (Å²) in [5.74, 6) is 1.69. The predicted molar refractivity (Wildman–Crippen MR) is 71.6 cm³/mol. The molecule has 5 heteroatoms. The number of hydrogen-bond donors (Lipinski definition) is 1. The van der Waals surface area contributed by atoms with E-state index in [4.69, 9.17) is 4.74 Å². The maximum absolute atomic E-state index is 5.74. The summed E-state index contributed by atoms with van der Waals surface area (Å²) in [6.07, 6.45) is 4.15. The van der Waals surface area contributed by atoms with Gasteiger partial charge in [-0.1, -0.05) is 12.1 Å². The van der Waals surface area contributed by atoms with E-state index in [1.165, 1.54) is 24.7 Å². The van der Waals surface area contributed by atoms with Crippen LogP contribution in [0.25, 0.3) is 0 Å². The standard InChI is InChI=1S/C14H18N4O/c1-18-14(16-10-17-18)9-19-13-4-2-3-11(7-13)8-15-12-5-6-12/h2-4,7,10,12,15H,5-6,8-9H2,1H3. The van der Waals surface area contributed by atoms with Gasteiger partial charge in [0.1, 0.15) is 18.7 Å². The number of nitrogens with one attached hydrogen (secondary N) is 1. The topological polar surface area (TPSA) is 52.0 Å².